The number of ketones is 1. The summed E-state index contributed by atoms with van der Waals surface area (Å²) in [7, 11) is 0. The number of nitrogens with one attached hydrogen (secondary N) is 1. The molecular weight excluding hydrogens is 454 g/mol. The van der Waals surface area contributed by atoms with Crippen molar-refractivity contribution in [3.05, 3.63) is 70.8 Å². The number of ether oxygens (including phenoxy) is 1. The Bertz CT molecular complexity index is 1100. The number of carbonyl (C=O) groups is 2. The Balaban J connectivity index is 1.70. The molecule has 1 amide bonds. The fraction of sp³-hybridized carbons (Fsp3) is 0.448. The van der Waals surface area contributed by atoms with Gasteiger partial charge in [-0.1, -0.05) is 38.1 Å². The summed E-state index contributed by atoms with van der Waals surface area (Å²) in [6.07, 6.45) is 0.0271. The van der Waals surface area contributed by atoms with Crippen molar-refractivity contribution in [3.8, 4) is 5.75 Å². The Morgan fingerprint density at radius 1 is 0.972 bits per heavy atom. The van der Waals surface area contributed by atoms with Crippen LogP contribution in [0.3, 0.4) is 0 Å². The van der Waals surface area contributed by atoms with Crippen LogP contribution in [0.25, 0.3) is 5.76 Å². The van der Waals surface area contributed by atoms with E-state index in [0.717, 1.165) is 31.7 Å². The van der Waals surface area contributed by atoms with E-state index < -0.39 is 17.7 Å². The highest BCUT2D eigenvalue weighted by atomic mass is 16.5. The highest BCUT2D eigenvalue weighted by Crippen LogP contribution is 2.39. The van der Waals surface area contributed by atoms with Crippen LogP contribution in [0.4, 0.5) is 0 Å². The molecule has 2 fully saturated rings. The van der Waals surface area contributed by atoms with Crippen LogP contribution in [0.2, 0.25) is 0 Å². The highest BCUT2D eigenvalue weighted by Gasteiger charge is 2.46. The zero-order valence-electron chi connectivity index (χ0n) is 21.7. The molecule has 0 bridgehead atoms. The third-order valence-electron chi connectivity index (χ3n) is 6.83. The maximum Gasteiger partial charge on any atom is 0.295 e. The smallest absolute Gasteiger partial charge is 0.295 e. The number of piperazine rings is 1. The average Bonchev–Trinajstić information content (AvgIpc) is 3.12. The van der Waals surface area contributed by atoms with E-state index in [-0.39, 0.29) is 17.4 Å². The van der Waals surface area contributed by atoms with Crippen molar-refractivity contribution in [3.63, 3.8) is 0 Å². The summed E-state index contributed by atoms with van der Waals surface area (Å²) < 4.78 is 5.70. The lowest BCUT2D eigenvalue weighted by Gasteiger charge is -2.31. The van der Waals surface area contributed by atoms with Gasteiger partial charge in [0, 0.05) is 44.8 Å². The SMILES string of the molecule is CC(C)Oc1ccc(C(O)=C2C(=O)C(=O)N(CCN3CCNCC3)[C@@H]2c2ccc(C(C)C)cc2)cc1. The first-order valence-corrected chi connectivity index (χ1v) is 12.8. The molecule has 4 rings (SSSR count). The van der Waals surface area contributed by atoms with Crippen LogP contribution in [0.5, 0.6) is 5.75 Å². The van der Waals surface area contributed by atoms with Crippen LogP contribution >= 0.6 is 0 Å². The Hall–Kier alpha value is -3.16. The quantitative estimate of drug-likeness (QED) is 0.331. The second kappa shape index (κ2) is 11.3. The molecule has 0 saturated carbocycles. The van der Waals surface area contributed by atoms with Crippen molar-refractivity contribution in [2.45, 2.75) is 45.8 Å². The first-order valence-electron chi connectivity index (χ1n) is 12.8. The van der Waals surface area contributed by atoms with Crippen LogP contribution < -0.4 is 10.1 Å². The molecule has 2 N–H and O–H groups in total. The number of aliphatic hydroxyl groups excluding tert-OH is 1. The largest absolute Gasteiger partial charge is 0.507 e. The van der Waals surface area contributed by atoms with E-state index in [1.165, 1.54) is 5.56 Å². The molecule has 7 heteroatoms. The Morgan fingerprint density at radius 2 is 1.61 bits per heavy atom. The molecule has 2 aromatic carbocycles. The molecule has 2 aliphatic heterocycles. The van der Waals surface area contributed by atoms with Gasteiger partial charge in [0.1, 0.15) is 11.5 Å². The van der Waals surface area contributed by atoms with Gasteiger partial charge in [-0.2, -0.15) is 0 Å². The van der Waals surface area contributed by atoms with Crippen molar-refractivity contribution >= 4 is 17.4 Å². The van der Waals surface area contributed by atoms with E-state index in [0.29, 0.717) is 30.3 Å². The van der Waals surface area contributed by atoms with Gasteiger partial charge in [-0.3, -0.25) is 14.5 Å². The maximum absolute atomic E-state index is 13.3. The zero-order chi connectivity index (χ0) is 25.8. The van der Waals surface area contributed by atoms with Gasteiger partial charge < -0.3 is 20.1 Å². The van der Waals surface area contributed by atoms with Crippen molar-refractivity contribution in [1.82, 2.24) is 15.1 Å². The number of hydrogen-bond acceptors (Lipinski definition) is 6. The van der Waals surface area contributed by atoms with Crippen molar-refractivity contribution in [2.75, 3.05) is 39.3 Å². The van der Waals surface area contributed by atoms with E-state index in [9.17, 15) is 14.7 Å². The fourth-order valence-electron chi connectivity index (χ4n) is 4.82. The molecule has 2 aliphatic rings. The molecule has 1 atom stereocenters. The van der Waals surface area contributed by atoms with Crippen molar-refractivity contribution in [1.29, 1.82) is 0 Å². The summed E-state index contributed by atoms with van der Waals surface area (Å²) in [4.78, 5) is 30.4. The van der Waals surface area contributed by atoms with Crippen LogP contribution in [0.15, 0.2) is 54.1 Å². The Morgan fingerprint density at radius 3 is 2.19 bits per heavy atom. The predicted octanol–water partition coefficient (Wildman–Crippen LogP) is 3.92. The van der Waals surface area contributed by atoms with Crippen LogP contribution in [-0.4, -0.2) is 72.0 Å². The first-order chi connectivity index (χ1) is 17.3. The highest BCUT2D eigenvalue weighted by molar-refractivity contribution is 6.46. The summed E-state index contributed by atoms with van der Waals surface area (Å²) in [6, 6.07) is 14.3. The lowest BCUT2D eigenvalue weighted by atomic mass is 9.93. The number of likely N-dealkylation sites (tertiary alicyclic amines) is 1. The van der Waals surface area contributed by atoms with E-state index in [1.54, 1.807) is 29.2 Å². The summed E-state index contributed by atoms with van der Waals surface area (Å²) in [5.74, 6) is -0.326. The normalized spacial score (nSPS) is 20.5. The zero-order valence-corrected chi connectivity index (χ0v) is 21.7. The number of hydrogen-bond donors (Lipinski definition) is 2. The molecule has 36 heavy (non-hydrogen) atoms. The minimum absolute atomic E-state index is 0.0271. The van der Waals surface area contributed by atoms with Crippen LogP contribution in [-0.2, 0) is 9.59 Å². The standard InChI is InChI=1S/C29H37N3O4/c1-19(2)21-5-7-22(8-6-21)26-25(27(33)23-9-11-24(12-10-23)36-20(3)4)28(34)29(35)32(26)18-17-31-15-13-30-14-16-31/h5-12,19-20,26,30,33H,13-18H2,1-4H3/t26-/m1/s1. The van der Waals surface area contributed by atoms with Gasteiger partial charge in [0.25, 0.3) is 11.7 Å². The summed E-state index contributed by atoms with van der Waals surface area (Å²) in [5, 5.41) is 14.6. The lowest BCUT2D eigenvalue weighted by molar-refractivity contribution is -0.140. The van der Waals surface area contributed by atoms with Gasteiger partial charge in [-0.15, -0.1) is 0 Å². The van der Waals surface area contributed by atoms with Crippen LogP contribution in [0, 0.1) is 0 Å². The van der Waals surface area contributed by atoms with Gasteiger partial charge in [0.2, 0.25) is 0 Å². The van der Waals surface area contributed by atoms with Crippen molar-refractivity contribution < 1.29 is 19.4 Å². The molecule has 0 radical (unpaired) electrons. The maximum atomic E-state index is 13.3. The average molecular weight is 492 g/mol. The van der Waals surface area contributed by atoms with Gasteiger partial charge in [0.05, 0.1) is 17.7 Å². The topological polar surface area (TPSA) is 82.1 Å². The van der Waals surface area contributed by atoms with Gasteiger partial charge in [0.15, 0.2) is 0 Å². The molecule has 0 aromatic heterocycles. The van der Waals surface area contributed by atoms with E-state index in [2.05, 4.69) is 24.1 Å². The Kier molecular flexibility index (Phi) is 8.11. The second-order valence-electron chi connectivity index (χ2n) is 10.1. The predicted molar refractivity (Wildman–Crippen MR) is 141 cm³/mol. The summed E-state index contributed by atoms with van der Waals surface area (Å²) in [6.45, 7) is 12.9. The van der Waals surface area contributed by atoms with E-state index >= 15 is 0 Å². The Labute approximate surface area is 213 Å². The molecule has 192 valence electrons. The van der Waals surface area contributed by atoms with Gasteiger partial charge in [-0.05, 0) is 55.2 Å². The second-order valence-corrected chi connectivity index (χ2v) is 10.1. The number of aliphatic hydroxyl groups is 1. The summed E-state index contributed by atoms with van der Waals surface area (Å²) in [5.41, 5.74) is 2.61. The molecule has 2 heterocycles. The number of rotatable bonds is 8. The van der Waals surface area contributed by atoms with Gasteiger partial charge >= 0.3 is 0 Å². The van der Waals surface area contributed by atoms with E-state index in [1.807, 2.05) is 38.1 Å². The van der Waals surface area contributed by atoms with Gasteiger partial charge in [-0.25, -0.2) is 0 Å². The number of amides is 1. The van der Waals surface area contributed by atoms with E-state index in [4.69, 9.17) is 4.74 Å². The number of carbonyl (C=O) groups excluding carboxylic acids is 2. The first kappa shape index (κ1) is 25.9. The molecular formula is C29H37N3O4. The van der Waals surface area contributed by atoms with Crippen molar-refractivity contribution in [2.24, 2.45) is 0 Å². The third-order valence-corrected chi connectivity index (χ3v) is 6.83. The molecule has 0 unspecified atom stereocenters. The molecule has 7 nitrogen and oxygen atoms in total. The minimum Gasteiger partial charge on any atom is -0.507 e. The van der Waals surface area contributed by atoms with Crippen LogP contribution in [0.1, 0.15) is 56.3 Å². The molecule has 2 saturated heterocycles. The molecule has 0 spiro atoms. The number of Topliss-reactive ketones (excluding diaryl/α,β-unsaturated/α-hetero) is 1. The minimum atomic E-state index is -0.645. The fourth-order valence-corrected chi connectivity index (χ4v) is 4.82. The monoisotopic (exact) mass is 491 g/mol. The molecule has 0 aliphatic carbocycles. The summed E-state index contributed by atoms with van der Waals surface area (Å²) >= 11 is 0. The number of nitrogens with zero attached hydrogens (tertiary/aromatic N) is 2. The number of benzene rings is 2. The lowest BCUT2D eigenvalue weighted by Crippen LogP contribution is -2.46. The molecule has 2 aromatic rings. The third kappa shape index (κ3) is 5.63.